The van der Waals surface area contributed by atoms with Gasteiger partial charge >= 0.3 is 0 Å². The maximum Gasteiger partial charge on any atom is 0.237 e. The molecule has 0 aromatic heterocycles. The molecule has 0 aliphatic heterocycles. The first-order valence-corrected chi connectivity index (χ1v) is 8.19. The highest BCUT2D eigenvalue weighted by Gasteiger charge is 2.16. The number of carbonyl (C=O) groups is 1. The standard InChI is InChI=1S/C19H25N3O2/c1-14(22-19(23)18(21)8-5-13-20)15-9-11-17(12-10-15)24-16-6-3-2-4-7-16/h2-4,6-7,9-12,14,18H,5,8,13,20-21H2,1H3,(H,22,23)/t14-,18+/m0/s1. The Labute approximate surface area is 143 Å². The Hall–Kier alpha value is -2.37. The molecule has 0 heterocycles. The Bertz CT molecular complexity index is 629. The SMILES string of the molecule is C[C@H](NC(=O)[C@H](N)CCCN)c1ccc(Oc2ccccc2)cc1. The first-order chi connectivity index (χ1) is 11.6. The summed E-state index contributed by atoms with van der Waals surface area (Å²) in [6.45, 7) is 2.47. The van der Waals surface area contributed by atoms with Gasteiger partial charge in [-0.25, -0.2) is 0 Å². The van der Waals surface area contributed by atoms with Crippen LogP contribution in [-0.4, -0.2) is 18.5 Å². The van der Waals surface area contributed by atoms with E-state index in [1.165, 1.54) is 0 Å². The lowest BCUT2D eigenvalue weighted by Crippen LogP contribution is -2.41. The summed E-state index contributed by atoms with van der Waals surface area (Å²) in [5.41, 5.74) is 12.3. The lowest BCUT2D eigenvalue weighted by Gasteiger charge is -2.18. The minimum atomic E-state index is -0.517. The van der Waals surface area contributed by atoms with Crippen LogP contribution < -0.4 is 21.5 Å². The van der Waals surface area contributed by atoms with Gasteiger partial charge in [-0.2, -0.15) is 0 Å². The fourth-order valence-corrected chi connectivity index (χ4v) is 2.32. The zero-order chi connectivity index (χ0) is 17.4. The molecule has 2 aromatic rings. The predicted octanol–water partition coefficient (Wildman–Crippen LogP) is 2.72. The molecule has 24 heavy (non-hydrogen) atoms. The third kappa shape index (κ3) is 5.37. The Kier molecular flexibility index (Phi) is 6.78. The van der Waals surface area contributed by atoms with Gasteiger partial charge in [-0.05, 0) is 56.1 Å². The van der Waals surface area contributed by atoms with E-state index in [0.717, 1.165) is 23.5 Å². The third-order valence-electron chi connectivity index (χ3n) is 3.77. The van der Waals surface area contributed by atoms with Gasteiger partial charge < -0.3 is 21.5 Å². The van der Waals surface area contributed by atoms with Gasteiger partial charge in [0, 0.05) is 0 Å². The van der Waals surface area contributed by atoms with E-state index in [0.29, 0.717) is 13.0 Å². The molecule has 1 amide bonds. The number of nitrogens with two attached hydrogens (primary N) is 2. The molecule has 0 spiro atoms. The maximum atomic E-state index is 12.0. The molecule has 0 radical (unpaired) electrons. The average Bonchev–Trinajstić information content (AvgIpc) is 2.61. The number of ether oxygens (including phenoxy) is 1. The second-order valence-electron chi connectivity index (χ2n) is 5.75. The number of amides is 1. The van der Waals surface area contributed by atoms with Gasteiger partial charge in [-0.15, -0.1) is 0 Å². The molecule has 128 valence electrons. The van der Waals surface area contributed by atoms with E-state index in [1.807, 2.05) is 61.5 Å². The fourth-order valence-electron chi connectivity index (χ4n) is 2.32. The van der Waals surface area contributed by atoms with Crippen LogP contribution >= 0.6 is 0 Å². The summed E-state index contributed by atoms with van der Waals surface area (Å²) in [6.07, 6.45) is 1.34. The van der Waals surface area contributed by atoms with Crippen LogP contribution in [0.3, 0.4) is 0 Å². The van der Waals surface area contributed by atoms with Crippen molar-refractivity contribution in [2.24, 2.45) is 11.5 Å². The molecule has 5 heteroatoms. The van der Waals surface area contributed by atoms with E-state index in [1.54, 1.807) is 0 Å². The predicted molar refractivity (Wildman–Crippen MR) is 95.8 cm³/mol. The molecule has 5 N–H and O–H groups in total. The van der Waals surface area contributed by atoms with Crippen molar-refractivity contribution in [2.75, 3.05) is 6.54 Å². The van der Waals surface area contributed by atoms with Gasteiger partial charge in [-0.1, -0.05) is 30.3 Å². The van der Waals surface area contributed by atoms with Gasteiger partial charge in [0.15, 0.2) is 0 Å². The molecule has 0 aliphatic carbocycles. The van der Waals surface area contributed by atoms with Crippen LogP contribution in [0.2, 0.25) is 0 Å². The molecule has 0 fully saturated rings. The van der Waals surface area contributed by atoms with Crippen LogP contribution in [-0.2, 0) is 4.79 Å². The molecule has 0 bridgehead atoms. The Morgan fingerprint density at radius 1 is 1.08 bits per heavy atom. The Morgan fingerprint density at radius 3 is 2.33 bits per heavy atom. The minimum Gasteiger partial charge on any atom is -0.457 e. The Morgan fingerprint density at radius 2 is 1.71 bits per heavy atom. The second kappa shape index (κ2) is 9.05. The van der Waals surface area contributed by atoms with Crippen molar-refractivity contribution in [1.29, 1.82) is 0 Å². The average molecular weight is 327 g/mol. The molecule has 2 rings (SSSR count). The van der Waals surface area contributed by atoms with Crippen molar-refractivity contribution in [3.05, 3.63) is 60.2 Å². The fraction of sp³-hybridized carbons (Fsp3) is 0.316. The van der Waals surface area contributed by atoms with Gasteiger partial charge in [0.1, 0.15) is 11.5 Å². The number of benzene rings is 2. The zero-order valence-electron chi connectivity index (χ0n) is 13.9. The third-order valence-corrected chi connectivity index (χ3v) is 3.77. The summed E-state index contributed by atoms with van der Waals surface area (Å²) < 4.78 is 5.76. The summed E-state index contributed by atoms with van der Waals surface area (Å²) in [5, 5.41) is 2.93. The quantitative estimate of drug-likeness (QED) is 0.695. The molecular weight excluding hydrogens is 302 g/mol. The summed E-state index contributed by atoms with van der Waals surface area (Å²) in [4.78, 5) is 12.0. The van der Waals surface area contributed by atoms with Gasteiger partial charge in [-0.3, -0.25) is 4.79 Å². The molecule has 0 aliphatic rings. The highest BCUT2D eigenvalue weighted by molar-refractivity contribution is 5.81. The van der Waals surface area contributed by atoms with Crippen LogP contribution in [0.25, 0.3) is 0 Å². The van der Waals surface area contributed by atoms with Crippen LogP contribution in [0.4, 0.5) is 0 Å². The van der Waals surface area contributed by atoms with Crippen molar-refractivity contribution in [3.8, 4) is 11.5 Å². The smallest absolute Gasteiger partial charge is 0.237 e. The number of para-hydroxylation sites is 1. The summed E-state index contributed by atoms with van der Waals surface area (Å²) in [5.74, 6) is 1.39. The summed E-state index contributed by atoms with van der Waals surface area (Å²) in [6, 6.07) is 16.6. The normalized spacial score (nSPS) is 13.1. The molecule has 0 saturated heterocycles. The van der Waals surface area contributed by atoms with Gasteiger partial charge in [0.05, 0.1) is 12.1 Å². The van der Waals surface area contributed by atoms with E-state index >= 15 is 0 Å². The van der Waals surface area contributed by atoms with E-state index in [9.17, 15) is 4.79 Å². The lowest BCUT2D eigenvalue weighted by atomic mass is 10.1. The number of carbonyl (C=O) groups excluding carboxylic acids is 1. The van der Waals surface area contributed by atoms with E-state index < -0.39 is 6.04 Å². The summed E-state index contributed by atoms with van der Waals surface area (Å²) >= 11 is 0. The monoisotopic (exact) mass is 327 g/mol. The molecular formula is C19H25N3O2. The van der Waals surface area contributed by atoms with Crippen LogP contribution in [0.15, 0.2) is 54.6 Å². The highest BCUT2D eigenvalue weighted by atomic mass is 16.5. The van der Waals surface area contributed by atoms with E-state index in [4.69, 9.17) is 16.2 Å². The number of nitrogens with one attached hydrogen (secondary N) is 1. The topological polar surface area (TPSA) is 90.4 Å². The lowest BCUT2D eigenvalue weighted by molar-refractivity contribution is -0.123. The van der Waals surface area contributed by atoms with Crippen LogP contribution in [0.5, 0.6) is 11.5 Å². The molecule has 0 unspecified atom stereocenters. The van der Waals surface area contributed by atoms with Gasteiger partial charge in [0.2, 0.25) is 5.91 Å². The first kappa shape index (κ1) is 18.0. The number of rotatable bonds is 8. The van der Waals surface area contributed by atoms with E-state index in [-0.39, 0.29) is 11.9 Å². The number of hydrogen-bond acceptors (Lipinski definition) is 4. The number of hydrogen-bond donors (Lipinski definition) is 3. The van der Waals surface area contributed by atoms with Crippen molar-refractivity contribution in [3.63, 3.8) is 0 Å². The summed E-state index contributed by atoms with van der Waals surface area (Å²) in [7, 11) is 0. The van der Waals surface area contributed by atoms with Crippen molar-refractivity contribution >= 4 is 5.91 Å². The van der Waals surface area contributed by atoms with Crippen LogP contribution in [0.1, 0.15) is 31.4 Å². The first-order valence-electron chi connectivity index (χ1n) is 8.19. The largest absolute Gasteiger partial charge is 0.457 e. The minimum absolute atomic E-state index is 0.118. The Balaban J connectivity index is 1.91. The van der Waals surface area contributed by atoms with E-state index in [2.05, 4.69) is 5.32 Å². The zero-order valence-corrected chi connectivity index (χ0v) is 13.9. The maximum absolute atomic E-state index is 12.0. The highest BCUT2D eigenvalue weighted by Crippen LogP contribution is 2.23. The second-order valence-corrected chi connectivity index (χ2v) is 5.75. The van der Waals surface area contributed by atoms with Gasteiger partial charge in [0.25, 0.3) is 0 Å². The molecule has 5 nitrogen and oxygen atoms in total. The molecule has 0 saturated carbocycles. The molecule has 2 atom stereocenters. The van der Waals surface area contributed by atoms with Crippen molar-refractivity contribution in [1.82, 2.24) is 5.32 Å². The van der Waals surface area contributed by atoms with Crippen molar-refractivity contribution in [2.45, 2.75) is 31.8 Å². The van der Waals surface area contributed by atoms with Crippen LogP contribution in [0, 0.1) is 0 Å². The molecule has 2 aromatic carbocycles. The van der Waals surface area contributed by atoms with Crippen molar-refractivity contribution < 1.29 is 9.53 Å².